The Morgan fingerprint density at radius 1 is 1.09 bits per heavy atom. The maximum absolute atomic E-state index is 12.9. The summed E-state index contributed by atoms with van der Waals surface area (Å²) in [6.45, 7) is 6.08. The molecule has 1 saturated heterocycles. The van der Waals surface area contributed by atoms with Crippen LogP contribution >= 0.6 is 0 Å². The molecule has 174 valence electrons. The number of fused-ring (bicyclic) bond motifs is 1. The van der Waals surface area contributed by atoms with Crippen LogP contribution in [0.3, 0.4) is 0 Å². The number of carbonyl (C=O) groups excluding carboxylic acids is 1. The number of carbonyl (C=O) groups is 1. The molecule has 1 fully saturated rings. The summed E-state index contributed by atoms with van der Waals surface area (Å²) in [6, 6.07) is 11.5. The Balaban J connectivity index is 1.33. The van der Waals surface area contributed by atoms with Crippen molar-refractivity contribution in [1.29, 1.82) is 0 Å². The smallest absolute Gasteiger partial charge is 0.256 e. The molecule has 0 atom stereocenters. The highest BCUT2D eigenvalue weighted by Crippen LogP contribution is 2.25. The number of hydrogen-bond donors (Lipinski definition) is 2. The van der Waals surface area contributed by atoms with Gasteiger partial charge in [0.05, 0.1) is 17.9 Å². The number of nitrogens with one attached hydrogen (secondary N) is 2. The maximum atomic E-state index is 12.9. The third-order valence-corrected chi connectivity index (χ3v) is 5.96. The first-order valence-corrected chi connectivity index (χ1v) is 11.6. The number of piperidine rings is 1. The summed E-state index contributed by atoms with van der Waals surface area (Å²) in [6.07, 6.45) is 9.44. The Kier molecular flexibility index (Phi) is 6.22. The number of rotatable bonds is 6. The number of aromatic nitrogens is 4. The molecule has 1 aromatic carbocycles. The highest BCUT2D eigenvalue weighted by atomic mass is 16.5. The van der Waals surface area contributed by atoms with E-state index in [9.17, 15) is 4.79 Å². The van der Waals surface area contributed by atoms with Crippen LogP contribution in [0.2, 0.25) is 0 Å². The van der Waals surface area contributed by atoms with E-state index in [1.165, 1.54) is 0 Å². The largest absolute Gasteiger partial charge is 0.490 e. The minimum atomic E-state index is -0.232. The molecular formula is C26H28N6O2. The molecule has 4 heterocycles. The molecule has 0 radical (unpaired) electrons. The Hall–Kier alpha value is -3.78. The van der Waals surface area contributed by atoms with Gasteiger partial charge in [-0.15, -0.1) is 0 Å². The molecule has 8 nitrogen and oxygen atoms in total. The van der Waals surface area contributed by atoms with Crippen LogP contribution in [0.4, 0.5) is 5.82 Å². The first kappa shape index (κ1) is 22.0. The lowest BCUT2D eigenvalue weighted by molar-refractivity contribution is 0.102. The van der Waals surface area contributed by atoms with Gasteiger partial charge in [-0.2, -0.15) is 5.10 Å². The van der Waals surface area contributed by atoms with E-state index in [0.717, 1.165) is 48.0 Å². The van der Waals surface area contributed by atoms with Gasteiger partial charge in [0, 0.05) is 40.5 Å². The van der Waals surface area contributed by atoms with Crippen molar-refractivity contribution in [3.8, 4) is 16.9 Å². The van der Waals surface area contributed by atoms with Crippen molar-refractivity contribution < 1.29 is 9.53 Å². The van der Waals surface area contributed by atoms with Crippen LogP contribution in [-0.4, -0.2) is 44.8 Å². The van der Waals surface area contributed by atoms with Gasteiger partial charge in [-0.1, -0.05) is 6.07 Å². The fourth-order valence-corrected chi connectivity index (χ4v) is 4.03. The lowest BCUT2D eigenvalue weighted by Gasteiger charge is -2.24. The van der Waals surface area contributed by atoms with Gasteiger partial charge >= 0.3 is 0 Å². The maximum Gasteiger partial charge on any atom is 0.256 e. The zero-order chi connectivity index (χ0) is 23.5. The zero-order valence-corrected chi connectivity index (χ0v) is 19.4. The number of benzene rings is 1. The fourth-order valence-electron chi connectivity index (χ4n) is 4.03. The van der Waals surface area contributed by atoms with E-state index in [1.54, 1.807) is 18.3 Å². The molecular weight excluding hydrogens is 428 g/mol. The molecule has 1 amide bonds. The minimum Gasteiger partial charge on any atom is -0.490 e. The third-order valence-electron chi connectivity index (χ3n) is 5.96. The monoisotopic (exact) mass is 456 g/mol. The summed E-state index contributed by atoms with van der Waals surface area (Å²) in [5.41, 5.74) is 3.25. The summed E-state index contributed by atoms with van der Waals surface area (Å²) in [5.74, 6) is 0.950. The van der Waals surface area contributed by atoms with E-state index in [2.05, 4.69) is 39.5 Å². The predicted molar refractivity (Wildman–Crippen MR) is 132 cm³/mol. The van der Waals surface area contributed by atoms with Crippen LogP contribution in [-0.2, 0) is 0 Å². The quantitative estimate of drug-likeness (QED) is 0.445. The van der Waals surface area contributed by atoms with Crippen molar-refractivity contribution in [3.05, 3.63) is 66.7 Å². The number of anilines is 1. The summed E-state index contributed by atoms with van der Waals surface area (Å²) in [7, 11) is 0. The lowest BCUT2D eigenvalue weighted by Crippen LogP contribution is -2.34. The van der Waals surface area contributed by atoms with Crippen molar-refractivity contribution in [2.45, 2.75) is 38.8 Å². The van der Waals surface area contributed by atoms with Gasteiger partial charge in [-0.05, 0) is 70.1 Å². The van der Waals surface area contributed by atoms with Gasteiger partial charge in [0.2, 0.25) is 0 Å². The molecule has 8 heteroatoms. The number of amides is 1. The van der Waals surface area contributed by atoms with E-state index < -0.39 is 0 Å². The molecule has 34 heavy (non-hydrogen) atoms. The van der Waals surface area contributed by atoms with E-state index in [0.29, 0.717) is 17.1 Å². The Morgan fingerprint density at radius 3 is 2.74 bits per heavy atom. The molecule has 5 rings (SSSR count). The standard InChI is InChI=1S/C26H28N6O2/c1-17(2)32-16-21(14-30-32)20-10-19-12-25(29-15-24(19)28-13-20)31-26(33)18-4-3-5-23(11-18)34-22-6-8-27-9-7-22/h3-5,10-17,22,27H,6-9H2,1-2H3,(H,29,31,33). The topological polar surface area (TPSA) is 94.0 Å². The van der Waals surface area contributed by atoms with Gasteiger partial charge in [-0.3, -0.25) is 14.5 Å². The number of nitrogens with zero attached hydrogens (tertiary/aromatic N) is 4. The number of hydrogen-bond acceptors (Lipinski definition) is 6. The van der Waals surface area contributed by atoms with E-state index >= 15 is 0 Å². The molecule has 0 unspecified atom stereocenters. The van der Waals surface area contributed by atoms with Crippen LogP contribution in [0.15, 0.2) is 61.2 Å². The summed E-state index contributed by atoms with van der Waals surface area (Å²) < 4.78 is 7.99. The zero-order valence-electron chi connectivity index (χ0n) is 19.4. The second kappa shape index (κ2) is 9.61. The molecule has 0 bridgehead atoms. The molecule has 3 aromatic heterocycles. The highest BCUT2D eigenvalue weighted by molar-refractivity contribution is 6.04. The molecule has 0 saturated carbocycles. The Labute approximate surface area is 198 Å². The van der Waals surface area contributed by atoms with Crippen LogP contribution in [0.5, 0.6) is 5.75 Å². The van der Waals surface area contributed by atoms with Gasteiger partial charge in [0.15, 0.2) is 0 Å². The molecule has 1 aliphatic rings. The normalized spacial score (nSPS) is 14.4. The van der Waals surface area contributed by atoms with Crippen LogP contribution in [0.1, 0.15) is 43.1 Å². The van der Waals surface area contributed by atoms with Crippen molar-refractivity contribution in [2.24, 2.45) is 0 Å². The van der Waals surface area contributed by atoms with Gasteiger partial charge in [0.25, 0.3) is 5.91 Å². The minimum absolute atomic E-state index is 0.177. The first-order chi connectivity index (χ1) is 16.5. The molecule has 4 aromatic rings. The van der Waals surface area contributed by atoms with Gasteiger partial charge < -0.3 is 15.4 Å². The van der Waals surface area contributed by atoms with Crippen molar-refractivity contribution in [2.75, 3.05) is 18.4 Å². The van der Waals surface area contributed by atoms with Gasteiger partial charge in [0.1, 0.15) is 17.7 Å². The Bertz CT molecular complexity index is 1310. The second-order valence-corrected chi connectivity index (χ2v) is 8.84. The highest BCUT2D eigenvalue weighted by Gasteiger charge is 2.16. The Morgan fingerprint density at radius 2 is 1.94 bits per heavy atom. The molecule has 0 spiro atoms. The van der Waals surface area contributed by atoms with Crippen molar-refractivity contribution in [3.63, 3.8) is 0 Å². The second-order valence-electron chi connectivity index (χ2n) is 8.84. The fraction of sp³-hybridized carbons (Fsp3) is 0.308. The van der Waals surface area contributed by atoms with E-state index in [-0.39, 0.29) is 18.1 Å². The van der Waals surface area contributed by atoms with Crippen LogP contribution in [0.25, 0.3) is 22.0 Å². The predicted octanol–water partition coefficient (Wildman–Crippen LogP) is 4.46. The molecule has 0 aliphatic carbocycles. The first-order valence-electron chi connectivity index (χ1n) is 11.6. The molecule has 1 aliphatic heterocycles. The van der Waals surface area contributed by atoms with Crippen LogP contribution < -0.4 is 15.4 Å². The average molecular weight is 457 g/mol. The third kappa shape index (κ3) is 4.92. The molecule has 2 N–H and O–H groups in total. The average Bonchev–Trinajstić information content (AvgIpc) is 3.35. The number of pyridine rings is 2. The van der Waals surface area contributed by atoms with E-state index in [1.807, 2.05) is 47.5 Å². The summed E-state index contributed by atoms with van der Waals surface area (Å²) >= 11 is 0. The SMILES string of the molecule is CC(C)n1cc(-c2cnc3cnc(NC(=O)c4cccc(OC5CCNCC5)c4)cc3c2)cn1. The van der Waals surface area contributed by atoms with Gasteiger partial charge in [-0.25, -0.2) is 4.98 Å². The summed E-state index contributed by atoms with van der Waals surface area (Å²) in [4.78, 5) is 21.8. The number of ether oxygens (including phenoxy) is 1. The van der Waals surface area contributed by atoms with Crippen molar-refractivity contribution in [1.82, 2.24) is 25.1 Å². The lowest BCUT2D eigenvalue weighted by atomic mass is 10.1. The summed E-state index contributed by atoms with van der Waals surface area (Å²) in [5, 5.41) is 11.5. The van der Waals surface area contributed by atoms with Crippen molar-refractivity contribution >= 4 is 22.6 Å². The van der Waals surface area contributed by atoms with Crippen LogP contribution in [0, 0.1) is 0 Å². The van der Waals surface area contributed by atoms with E-state index in [4.69, 9.17) is 4.74 Å².